The fourth-order valence-electron chi connectivity index (χ4n) is 2.05. The minimum atomic E-state index is -3.66. The molecule has 0 radical (unpaired) electrons. The first-order chi connectivity index (χ1) is 12.8. The average molecular weight is 453 g/mol. The van der Waals surface area contributed by atoms with Gasteiger partial charge in [0.2, 0.25) is 10.0 Å². The number of sulfonamides is 1. The van der Waals surface area contributed by atoms with Gasteiger partial charge in [-0.25, -0.2) is 18.1 Å². The normalized spacial score (nSPS) is 12.5. The molecule has 0 aliphatic heterocycles. The number of carbonyl (C=O) groups is 1. The van der Waals surface area contributed by atoms with Crippen molar-refractivity contribution in [2.45, 2.75) is 4.90 Å². The minimum absolute atomic E-state index is 0.00624. The van der Waals surface area contributed by atoms with Crippen LogP contribution in [0.1, 0.15) is 15.9 Å². The van der Waals surface area contributed by atoms with E-state index in [-0.39, 0.29) is 16.2 Å². The van der Waals surface area contributed by atoms with Gasteiger partial charge in [-0.1, -0.05) is 39.3 Å². The predicted octanol–water partition coefficient (Wildman–Crippen LogP) is 2.29. The lowest BCUT2D eigenvalue weighted by Gasteiger charge is -2.12. The summed E-state index contributed by atoms with van der Waals surface area (Å²) in [7, 11) is -0.847. The number of oxime groups is 1. The molecule has 2 N–H and O–H groups in total. The number of hydrogen-bond donors (Lipinski definition) is 2. The van der Waals surface area contributed by atoms with Crippen LogP contribution in [0.4, 0.5) is 0 Å². The van der Waals surface area contributed by atoms with E-state index in [2.05, 4.69) is 31.6 Å². The van der Waals surface area contributed by atoms with Gasteiger partial charge in [-0.2, -0.15) is 5.10 Å². The monoisotopic (exact) mass is 452 g/mol. The van der Waals surface area contributed by atoms with E-state index in [1.807, 2.05) is 6.07 Å². The van der Waals surface area contributed by atoms with Gasteiger partial charge < -0.3 is 5.21 Å². The van der Waals surface area contributed by atoms with Crippen molar-refractivity contribution in [2.24, 2.45) is 10.3 Å². The molecule has 0 spiro atoms. The molecule has 0 aromatic heterocycles. The van der Waals surface area contributed by atoms with Crippen LogP contribution in [0, 0.1) is 0 Å². The molecule has 0 saturated heterocycles. The maximum atomic E-state index is 12.4. The molecule has 0 saturated carbocycles. The summed E-state index contributed by atoms with van der Waals surface area (Å²) >= 11 is 3.33. The lowest BCUT2D eigenvalue weighted by Crippen LogP contribution is -2.24. The molecule has 27 heavy (non-hydrogen) atoms. The van der Waals surface area contributed by atoms with Gasteiger partial charge in [0.25, 0.3) is 5.91 Å². The van der Waals surface area contributed by atoms with Crippen molar-refractivity contribution in [2.75, 3.05) is 14.1 Å². The number of nitrogens with one attached hydrogen (secondary N) is 1. The first-order valence-electron chi connectivity index (χ1n) is 7.59. The fraction of sp³-hybridized carbons (Fsp3) is 0.118. The third kappa shape index (κ3) is 5.22. The van der Waals surface area contributed by atoms with Crippen LogP contribution < -0.4 is 5.43 Å². The van der Waals surface area contributed by atoms with Crippen molar-refractivity contribution in [1.82, 2.24) is 9.73 Å². The van der Waals surface area contributed by atoms with Crippen LogP contribution in [0.2, 0.25) is 0 Å². The van der Waals surface area contributed by atoms with Crippen molar-refractivity contribution in [1.29, 1.82) is 0 Å². The molecular formula is C17H17BrN4O4S. The summed E-state index contributed by atoms with van der Waals surface area (Å²) in [6, 6.07) is 12.6. The van der Waals surface area contributed by atoms with Gasteiger partial charge in [0.1, 0.15) is 5.71 Å². The highest BCUT2D eigenvalue weighted by atomic mass is 79.9. The number of benzene rings is 2. The van der Waals surface area contributed by atoms with Crippen LogP contribution in [-0.4, -0.2) is 49.9 Å². The second kappa shape index (κ2) is 8.89. The zero-order chi connectivity index (χ0) is 20.0. The Morgan fingerprint density at radius 2 is 1.81 bits per heavy atom. The summed E-state index contributed by atoms with van der Waals surface area (Å²) in [5.41, 5.74) is 3.27. The number of hydrazone groups is 1. The van der Waals surface area contributed by atoms with E-state index in [1.165, 1.54) is 38.4 Å². The van der Waals surface area contributed by atoms with Crippen LogP contribution in [0.5, 0.6) is 0 Å². The Balaban J connectivity index is 2.29. The average Bonchev–Trinajstić information content (AvgIpc) is 2.64. The van der Waals surface area contributed by atoms with Gasteiger partial charge in [0, 0.05) is 29.7 Å². The van der Waals surface area contributed by atoms with Crippen molar-refractivity contribution in [3.63, 3.8) is 0 Å². The molecule has 10 heteroatoms. The Bertz CT molecular complexity index is 1000. The zero-order valence-electron chi connectivity index (χ0n) is 14.5. The van der Waals surface area contributed by atoms with Crippen LogP contribution in [0.25, 0.3) is 0 Å². The number of carbonyl (C=O) groups excluding carboxylic acids is 1. The maximum absolute atomic E-state index is 12.4. The molecule has 0 bridgehead atoms. The molecule has 0 aliphatic carbocycles. The van der Waals surface area contributed by atoms with Gasteiger partial charge in [0.15, 0.2) is 0 Å². The molecule has 0 fully saturated rings. The van der Waals surface area contributed by atoms with Gasteiger partial charge >= 0.3 is 0 Å². The highest BCUT2D eigenvalue weighted by Crippen LogP contribution is 2.15. The zero-order valence-corrected chi connectivity index (χ0v) is 16.9. The van der Waals surface area contributed by atoms with Crippen LogP contribution in [-0.2, 0) is 10.0 Å². The molecule has 0 atom stereocenters. The van der Waals surface area contributed by atoms with E-state index in [0.717, 1.165) is 15.0 Å². The van der Waals surface area contributed by atoms with Gasteiger partial charge in [-0.15, -0.1) is 0 Å². The Morgan fingerprint density at radius 1 is 1.15 bits per heavy atom. The Hall–Kier alpha value is -2.56. The van der Waals surface area contributed by atoms with E-state index >= 15 is 0 Å². The fourth-order valence-corrected chi connectivity index (χ4v) is 3.40. The molecule has 142 valence electrons. The Kier molecular flexibility index (Phi) is 6.83. The van der Waals surface area contributed by atoms with Crippen molar-refractivity contribution >= 4 is 43.8 Å². The van der Waals surface area contributed by atoms with E-state index in [9.17, 15) is 13.2 Å². The number of nitrogens with zero attached hydrogens (tertiary/aromatic N) is 3. The summed E-state index contributed by atoms with van der Waals surface area (Å²) in [6.45, 7) is 0. The second-order valence-electron chi connectivity index (χ2n) is 5.51. The molecule has 1 amide bonds. The predicted molar refractivity (Wildman–Crippen MR) is 106 cm³/mol. The summed E-state index contributed by atoms with van der Waals surface area (Å²) in [5, 5.41) is 15.7. The minimum Gasteiger partial charge on any atom is -0.411 e. The third-order valence-corrected chi connectivity index (χ3v) is 5.76. The maximum Gasteiger partial charge on any atom is 0.271 e. The van der Waals surface area contributed by atoms with E-state index in [1.54, 1.807) is 18.2 Å². The van der Waals surface area contributed by atoms with E-state index in [4.69, 9.17) is 5.21 Å². The largest absolute Gasteiger partial charge is 0.411 e. The van der Waals surface area contributed by atoms with E-state index < -0.39 is 15.9 Å². The quantitative estimate of drug-likeness (QED) is 0.397. The first-order valence-corrected chi connectivity index (χ1v) is 9.83. The molecule has 2 rings (SSSR count). The molecule has 0 aliphatic rings. The molecular weight excluding hydrogens is 436 g/mol. The highest BCUT2D eigenvalue weighted by molar-refractivity contribution is 9.10. The van der Waals surface area contributed by atoms with Crippen molar-refractivity contribution in [3.05, 3.63) is 64.1 Å². The number of hydrogen-bond acceptors (Lipinski definition) is 6. The number of amides is 1. The summed E-state index contributed by atoms with van der Waals surface area (Å²) in [5.74, 6) is -0.607. The molecule has 0 heterocycles. The Labute approximate surface area is 165 Å². The molecule has 0 unspecified atom stereocenters. The molecule has 2 aromatic carbocycles. The van der Waals surface area contributed by atoms with Crippen LogP contribution >= 0.6 is 15.9 Å². The molecule has 2 aromatic rings. The third-order valence-electron chi connectivity index (χ3n) is 3.45. The summed E-state index contributed by atoms with van der Waals surface area (Å²) in [4.78, 5) is 12.4. The van der Waals surface area contributed by atoms with Crippen LogP contribution in [0.15, 0.2) is 68.2 Å². The number of rotatable bonds is 6. The van der Waals surface area contributed by atoms with E-state index in [0.29, 0.717) is 5.56 Å². The topological polar surface area (TPSA) is 111 Å². The Morgan fingerprint density at radius 3 is 2.44 bits per heavy atom. The van der Waals surface area contributed by atoms with Crippen molar-refractivity contribution in [3.8, 4) is 0 Å². The lowest BCUT2D eigenvalue weighted by molar-refractivity contribution is 0.0954. The molecule has 8 nitrogen and oxygen atoms in total. The van der Waals surface area contributed by atoms with Gasteiger partial charge in [-0.05, 0) is 30.3 Å². The van der Waals surface area contributed by atoms with Crippen molar-refractivity contribution < 1.29 is 18.4 Å². The van der Waals surface area contributed by atoms with Crippen LogP contribution in [0.3, 0.4) is 0 Å². The summed E-state index contributed by atoms with van der Waals surface area (Å²) < 4.78 is 26.2. The standard InChI is InChI=1S/C17H17BrN4O4S/c1-22(2)27(25,26)15-8-4-6-13(10-15)17(23)21-20-16(11-19-24)12-5-3-7-14(18)9-12/h3-11,24H,1-2H3,(H,21,23)/b19-11-,20-16-. The second-order valence-corrected chi connectivity index (χ2v) is 8.58. The van der Waals surface area contributed by atoms with Gasteiger partial charge in [-0.3, -0.25) is 4.79 Å². The number of halogens is 1. The smallest absolute Gasteiger partial charge is 0.271 e. The van der Waals surface area contributed by atoms with Gasteiger partial charge in [0.05, 0.1) is 11.1 Å². The lowest BCUT2D eigenvalue weighted by atomic mass is 10.1. The SMILES string of the molecule is CN(C)S(=O)(=O)c1cccc(C(=O)N/N=C(/C=N\O)c2cccc(Br)c2)c1. The highest BCUT2D eigenvalue weighted by Gasteiger charge is 2.18. The first kappa shape index (κ1) is 20.7. The summed E-state index contributed by atoms with van der Waals surface area (Å²) in [6.07, 6.45) is 1.08.